The first-order valence-electron chi connectivity index (χ1n) is 2.63. The Bertz CT molecular complexity index is 277. The lowest BCUT2D eigenvalue weighted by molar-refractivity contribution is 0.447. The number of halogens is 3. The van der Waals surface area contributed by atoms with Gasteiger partial charge in [-0.3, -0.25) is 0 Å². The molecule has 0 N–H and O–H groups in total. The lowest BCUT2D eigenvalue weighted by Gasteiger charge is -1.93. The number of benzene rings is 1. The zero-order chi connectivity index (χ0) is 8.43. The van der Waals surface area contributed by atoms with Gasteiger partial charge < -0.3 is 0 Å². The number of hydrogen-bond donors (Lipinski definition) is 0. The minimum absolute atomic E-state index is 0.471. The molecule has 0 aliphatic carbocycles. The predicted molar refractivity (Wildman–Crippen MR) is 31.8 cm³/mol. The van der Waals surface area contributed by atoms with Gasteiger partial charge in [0.2, 0.25) is 0 Å². The number of hydrogen-bond acceptors (Lipinski definition) is 2. The van der Waals surface area contributed by atoms with Gasteiger partial charge >= 0.3 is 0 Å². The molecule has 0 atom stereocenters. The third kappa shape index (κ3) is 1.36. The lowest BCUT2D eigenvalue weighted by atomic mass is 10.3. The molecule has 1 rings (SSSR count). The van der Waals surface area contributed by atoms with E-state index in [2.05, 4.69) is 5.18 Å². The van der Waals surface area contributed by atoms with E-state index in [0.29, 0.717) is 12.1 Å². The Morgan fingerprint density at radius 1 is 1.09 bits per heavy atom. The van der Waals surface area contributed by atoms with Crippen molar-refractivity contribution in [3.8, 4) is 0 Å². The van der Waals surface area contributed by atoms with Crippen molar-refractivity contribution in [1.29, 1.82) is 0 Å². The first-order chi connectivity index (χ1) is 5.15. The number of nitrogens with zero attached hydrogens (tertiary/aromatic N) is 1. The van der Waals surface area contributed by atoms with Crippen LogP contribution in [0.3, 0.4) is 0 Å². The fourth-order valence-electron chi connectivity index (χ4n) is 0.595. The Morgan fingerprint density at radius 3 is 1.91 bits per heavy atom. The third-order valence-electron chi connectivity index (χ3n) is 1.07. The van der Waals surface area contributed by atoms with Crippen molar-refractivity contribution < 1.29 is 13.2 Å². The van der Waals surface area contributed by atoms with Crippen LogP contribution in [-0.2, 0) is 0 Å². The summed E-state index contributed by atoms with van der Waals surface area (Å²) in [5, 5.41) is 2.24. The van der Waals surface area contributed by atoms with Gasteiger partial charge in [-0.1, -0.05) is 0 Å². The molecule has 0 unspecified atom stereocenters. The summed E-state index contributed by atoms with van der Waals surface area (Å²) >= 11 is 0. The van der Waals surface area contributed by atoms with Gasteiger partial charge in [-0.25, -0.2) is 13.2 Å². The Labute approximate surface area is 59.6 Å². The Balaban J connectivity index is 3.31. The minimum Gasteiger partial charge on any atom is -0.204 e. The normalized spacial score (nSPS) is 9.73. The maximum Gasteiger partial charge on any atom is 0.194 e. The molecule has 0 saturated heterocycles. The molecule has 0 spiro atoms. The molecule has 0 fully saturated rings. The molecule has 1 aromatic rings. The molecule has 1 aromatic carbocycles. The van der Waals surface area contributed by atoms with E-state index in [1.165, 1.54) is 0 Å². The highest BCUT2D eigenvalue weighted by molar-refractivity contribution is 5.37. The standard InChI is InChI=1S/C6H2F3NO/c7-4-1-3(10-11)2-5(8)6(4)9/h1-2H. The fourth-order valence-corrected chi connectivity index (χ4v) is 0.595. The van der Waals surface area contributed by atoms with Crippen molar-refractivity contribution in [1.82, 2.24) is 0 Å². The average molecular weight is 161 g/mol. The summed E-state index contributed by atoms with van der Waals surface area (Å²) in [6, 6.07) is 1.04. The molecule has 0 bridgehead atoms. The highest BCUT2D eigenvalue weighted by atomic mass is 19.2. The maximum absolute atomic E-state index is 12.2. The van der Waals surface area contributed by atoms with E-state index < -0.39 is 23.1 Å². The molecule has 11 heavy (non-hydrogen) atoms. The van der Waals surface area contributed by atoms with Crippen molar-refractivity contribution in [2.45, 2.75) is 0 Å². The lowest BCUT2D eigenvalue weighted by Crippen LogP contribution is -1.88. The van der Waals surface area contributed by atoms with E-state index in [1.54, 1.807) is 0 Å². The van der Waals surface area contributed by atoms with E-state index in [-0.39, 0.29) is 0 Å². The van der Waals surface area contributed by atoms with Crippen molar-refractivity contribution in [2.24, 2.45) is 5.18 Å². The molecule has 0 aliphatic rings. The summed E-state index contributed by atoms with van der Waals surface area (Å²) in [5.41, 5.74) is -0.471. The van der Waals surface area contributed by atoms with Crippen molar-refractivity contribution in [3.05, 3.63) is 34.5 Å². The smallest absolute Gasteiger partial charge is 0.194 e. The van der Waals surface area contributed by atoms with Gasteiger partial charge in [0.25, 0.3) is 0 Å². The highest BCUT2D eigenvalue weighted by Crippen LogP contribution is 2.18. The van der Waals surface area contributed by atoms with E-state index in [4.69, 9.17) is 0 Å². The van der Waals surface area contributed by atoms with Crippen LogP contribution in [0.5, 0.6) is 0 Å². The first kappa shape index (κ1) is 7.71. The number of nitroso groups, excluding NO2 is 1. The minimum atomic E-state index is -1.60. The Kier molecular flexibility index (Phi) is 1.89. The Morgan fingerprint density at radius 2 is 1.55 bits per heavy atom. The monoisotopic (exact) mass is 161 g/mol. The summed E-state index contributed by atoms with van der Waals surface area (Å²) in [6.07, 6.45) is 0. The summed E-state index contributed by atoms with van der Waals surface area (Å²) in [5.74, 6) is -4.43. The van der Waals surface area contributed by atoms with Crippen molar-refractivity contribution >= 4 is 5.69 Å². The van der Waals surface area contributed by atoms with E-state index in [1.807, 2.05) is 0 Å². The van der Waals surface area contributed by atoms with Crippen molar-refractivity contribution in [2.75, 3.05) is 0 Å². The van der Waals surface area contributed by atoms with Crippen LogP contribution < -0.4 is 0 Å². The summed E-state index contributed by atoms with van der Waals surface area (Å²) in [4.78, 5) is 9.72. The first-order valence-corrected chi connectivity index (χ1v) is 2.63. The van der Waals surface area contributed by atoms with E-state index >= 15 is 0 Å². The second-order valence-corrected chi connectivity index (χ2v) is 1.81. The van der Waals surface area contributed by atoms with E-state index in [9.17, 15) is 18.1 Å². The molecular formula is C6H2F3NO. The maximum atomic E-state index is 12.2. The van der Waals surface area contributed by atoms with Crippen LogP contribution in [0.1, 0.15) is 0 Å². The average Bonchev–Trinajstić information content (AvgIpc) is 1.99. The second kappa shape index (κ2) is 2.69. The molecular weight excluding hydrogens is 159 g/mol. The van der Waals surface area contributed by atoms with Gasteiger partial charge in [-0.15, -0.1) is 4.91 Å². The van der Waals surface area contributed by atoms with Gasteiger partial charge in [0, 0.05) is 12.1 Å². The van der Waals surface area contributed by atoms with Crippen molar-refractivity contribution in [3.63, 3.8) is 0 Å². The van der Waals surface area contributed by atoms with Crippen LogP contribution in [0.2, 0.25) is 0 Å². The predicted octanol–water partition coefficient (Wildman–Crippen LogP) is 2.50. The third-order valence-corrected chi connectivity index (χ3v) is 1.07. The topological polar surface area (TPSA) is 29.4 Å². The van der Waals surface area contributed by atoms with Crippen LogP contribution in [0.15, 0.2) is 17.3 Å². The zero-order valence-electron chi connectivity index (χ0n) is 5.14. The summed E-state index contributed by atoms with van der Waals surface area (Å²) in [6.45, 7) is 0. The molecule has 0 aromatic heterocycles. The largest absolute Gasteiger partial charge is 0.204 e. The molecule has 0 saturated carbocycles. The van der Waals surface area contributed by atoms with Crippen LogP contribution >= 0.6 is 0 Å². The van der Waals surface area contributed by atoms with Crippen LogP contribution in [0.25, 0.3) is 0 Å². The second-order valence-electron chi connectivity index (χ2n) is 1.81. The quantitative estimate of drug-likeness (QED) is 0.459. The van der Waals surface area contributed by atoms with Crippen LogP contribution in [-0.4, -0.2) is 0 Å². The van der Waals surface area contributed by atoms with Gasteiger partial charge in [-0.05, 0) is 5.18 Å². The van der Waals surface area contributed by atoms with Gasteiger partial charge in [0.05, 0.1) is 0 Å². The SMILES string of the molecule is O=Nc1cc(F)c(F)c(F)c1. The summed E-state index contributed by atoms with van der Waals surface area (Å²) in [7, 11) is 0. The van der Waals surface area contributed by atoms with Gasteiger partial charge in [0.15, 0.2) is 17.5 Å². The molecule has 5 heteroatoms. The molecule has 0 heterocycles. The molecule has 2 nitrogen and oxygen atoms in total. The van der Waals surface area contributed by atoms with E-state index in [0.717, 1.165) is 0 Å². The molecule has 0 radical (unpaired) electrons. The van der Waals surface area contributed by atoms with Gasteiger partial charge in [-0.2, -0.15) is 0 Å². The van der Waals surface area contributed by atoms with Crippen LogP contribution in [0.4, 0.5) is 18.9 Å². The summed E-state index contributed by atoms with van der Waals surface area (Å²) < 4.78 is 36.6. The zero-order valence-corrected chi connectivity index (χ0v) is 5.14. The molecule has 0 amide bonds. The highest BCUT2D eigenvalue weighted by Gasteiger charge is 2.09. The molecule has 58 valence electrons. The Hall–Kier alpha value is -1.39. The van der Waals surface area contributed by atoms with Gasteiger partial charge in [0.1, 0.15) is 5.69 Å². The van der Waals surface area contributed by atoms with Crippen LogP contribution in [0, 0.1) is 22.4 Å². The molecule has 0 aliphatic heterocycles. The fraction of sp³-hybridized carbons (Fsp3) is 0. The number of rotatable bonds is 1.